The van der Waals surface area contributed by atoms with Gasteiger partial charge in [-0.05, 0) is 36.5 Å². The summed E-state index contributed by atoms with van der Waals surface area (Å²) < 4.78 is 0.961. The van der Waals surface area contributed by atoms with E-state index in [9.17, 15) is 0 Å². The van der Waals surface area contributed by atoms with Crippen molar-refractivity contribution < 1.29 is 0 Å². The van der Waals surface area contributed by atoms with E-state index in [1.54, 1.807) is 0 Å². The van der Waals surface area contributed by atoms with E-state index >= 15 is 0 Å². The van der Waals surface area contributed by atoms with Crippen LogP contribution in [0.25, 0.3) is 0 Å². The van der Waals surface area contributed by atoms with Crippen molar-refractivity contribution in [2.24, 2.45) is 23.7 Å². The van der Waals surface area contributed by atoms with Gasteiger partial charge in [0.15, 0.2) is 0 Å². The van der Waals surface area contributed by atoms with Crippen LogP contribution in [0.15, 0.2) is 0 Å². The molecule has 94 valence electrons. The zero-order valence-corrected chi connectivity index (χ0v) is 13.1. The Morgan fingerprint density at radius 2 is 1.12 bits per heavy atom. The minimum atomic E-state index is 0.961. The standard InChI is InChI=1S/C15H27I/c1-11-7-3-5-9-13(11)15(16)14-10-6-4-8-12(14)2/h11-15H,3-10H2,1-2H3. The summed E-state index contributed by atoms with van der Waals surface area (Å²) in [5, 5.41) is 0. The molecule has 2 fully saturated rings. The normalized spacial score (nSPS) is 42.9. The fourth-order valence-corrected chi connectivity index (χ4v) is 6.09. The van der Waals surface area contributed by atoms with Gasteiger partial charge in [0.2, 0.25) is 0 Å². The lowest BCUT2D eigenvalue weighted by molar-refractivity contribution is 0.171. The molecule has 1 heteroatoms. The highest BCUT2D eigenvalue weighted by Gasteiger charge is 2.35. The largest absolute Gasteiger partial charge is 0.0820 e. The molecule has 0 aromatic rings. The van der Waals surface area contributed by atoms with Gasteiger partial charge in [-0.2, -0.15) is 0 Å². The van der Waals surface area contributed by atoms with Gasteiger partial charge in [0.1, 0.15) is 0 Å². The van der Waals surface area contributed by atoms with Crippen LogP contribution in [0.2, 0.25) is 0 Å². The minimum absolute atomic E-state index is 0.961. The van der Waals surface area contributed by atoms with Crippen molar-refractivity contribution in [3.63, 3.8) is 0 Å². The van der Waals surface area contributed by atoms with Crippen molar-refractivity contribution in [1.82, 2.24) is 0 Å². The quantitative estimate of drug-likeness (QED) is 0.466. The third kappa shape index (κ3) is 2.94. The maximum Gasteiger partial charge on any atom is 0.0171 e. The summed E-state index contributed by atoms with van der Waals surface area (Å²) in [7, 11) is 0. The zero-order chi connectivity index (χ0) is 11.5. The number of alkyl halides is 1. The van der Waals surface area contributed by atoms with Crippen LogP contribution < -0.4 is 0 Å². The number of rotatable bonds is 2. The molecule has 0 amide bonds. The first-order valence-electron chi connectivity index (χ1n) is 7.34. The van der Waals surface area contributed by atoms with Gasteiger partial charge in [-0.3, -0.25) is 0 Å². The van der Waals surface area contributed by atoms with Gasteiger partial charge in [0.25, 0.3) is 0 Å². The molecule has 0 saturated heterocycles. The first-order chi connectivity index (χ1) is 7.70. The molecular formula is C15H27I. The second-order valence-electron chi connectivity index (χ2n) is 6.30. The average Bonchev–Trinajstić information content (AvgIpc) is 2.29. The van der Waals surface area contributed by atoms with E-state index in [0.717, 1.165) is 27.6 Å². The summed E-state index contributed by atoms with van der Waals surface area (Å²) in [6.45, 7) is 5.01. The topological polar surface area (TPSA) is 0 Å². The monoisotopic (exact) mass is 334 g/mol. The van der Waals surface area contributed by atoms with Gasteiger partial charge in [-0.25, -0.2) is 0 Å². The van der Waals surface area contributed by atoms with Crippen LogP contribution in [-0.2, 0) is 0 Å². The molecule has 4 atom stereocenters. The molecule has 0 aliphatic heterocycles. The molecule has 0 nitrogen and oxygen atoms in total. The highest BCUT2D eigenvalue weighted by Crippen LogP contribution is 2.44. The molecule has 0 N–H and O–H groups in total. The summed E-state index contributed by atoms with van der Waals surface area (Å²) in [6.07, 6.45) is 12.0. The summed E-state index contributed by atoms with van der Waals surface area (Å²) in [5.41, 5.74) is 0. The maximum atomic E-state index is 2.81. The van der Waals surface area contributed by atoms with Crippen LogP contribution in [0, 0.1) is 23.7 Å². The van der Waals surface area contributed by atoms with Crippen molar-refractivity contribution in [2.75, 3.05) is 0 Å². The van der Waals surface area contributed by atoms with Crippen LogP contribution in [-0.4, -0.2) is 3.92 Å². The lowest BCUT2D eigenvalue weighted by Crippen LogP contribution is -2.35. The average molecular weight is 334 g/mol. The van der Waals surface area contributed by atoms with Crippen molar-refractivity contribution in [1.29, 1.82) is 0 Å². The third-order valence-corrected chi connectivity index (χ3v) is 7.02. The Bertz CT molecular complexity index is 191. The van der Waals surface area contributed by atoms with Gasteiger partial charge in [0, 0.05) is 3.92 Å². The van der Waals surface area contributed by atoms with Crippen LogP contribution in [0.3, 0.4) is 0 Å². The fourth-order valence-electron chi connectivity index (χ4n) is 3.95. The van der Waals surface area contributed by atoms with Gasteiger partial charge in [-0.15, -0.1) is 0 Å². The second-order valence-corrected chi connectivity index (χ2v) is 7.73. The van der Waals surface area contributed by atoms with E-state index in [1.165, 1.54) is 51.4 Å². The summed E-state index contributed by atoms with van der Waals surface area (Å²) in [4.78, 5) is 0. The fraction of sp³-hybridized carbons (Fsp3) is 1.00. The van der Waals surface area contributed by atoms with E-state index in [1.807, 2.05) is 0 Å². The molecule has 0 aromatic carbocycles. The molecule has 2 rings (SSSR count). The van der Waals surface area contributed by atoms with Crippen molar-refractivity contribution in [3.8, 4) is 0 Å². The summed E-state index contributed by atoms with van der Waals surface area (Å²) in [5.74, 6) is 4.04. The molecule has 0 heterocycles. The summed E-state index contributed by atoms with van der Waals surface area (Å²) in [6, 6.07) is 0. The highest BCUT2D eigenvalue weighted by molar-refractivity contribution is 14.1. The number of hydrogen-bond donors (Lipinski definition) is 0. The van der Waals surface area contributed by atoms with Gasteiger partial charge in [0.05, 0.1) is 0 Å². The van der Waals surface area contributed by atoms with Crippen molar-refractivity contribution in [2.45, 2.75) is 69.1 Å². The molecule has 2 aliphatic rings. The minimum Gasteiger partial charge on any atom is -0.0820 e. The van der Waals surface area contributed by atoms with Crippen molar-refractivity contribution in [3.05, 3.63) is 0 Å². The Labute approximate surface area is 115 Å². The van der Waals surface area contributed by atoms with Crippen molar-refractivity contribution >= 4 is 22.6 Å². The number of halogens is 1. The number of hydrogen-bond acceptors (Lipinski definition) is 0. The van der Waals surface area contributed by atoms with E-state index in [0.29, 0.717) is 0 Å². The van der Waals surface area contributed by atoms with E-state index in [-0.39, 0.29) is 0 Å². The van der Waals surface area contributed by atoms with Crippen LogP contribution in [0.4, 0.5) is 0 Å². The van der Waals surface area contributed by atoms with E-state index < -0.39 is 0 Å². The van der Waals surface area contributed by atoms with E-state index in [2.05, 4.69) is 36.4 Å². The Morgan fingerprint density at radius 1 is 0.750 bits per heavy atom. The van der Waals surface area contributed by atoms with Crippen LogP contribution >= 0.6 is 22.6 Å². The Balaban J connectivity index is 1.96. The Kier molecular flexibility index (Phi) is 4.99. The first-order valence-corrected chi connectivity index (χ1v) is 8.58. The van der Waals surface area contributed by atoms with Gasteiger partial charge >= 0.3 is 0 Å². The SMILES string of the molecule is CC1CCCCC1C(I)C1CCCCC1C. The zero-order valence-electron chi connectivity index (χ0n) is 10.9. The molecule has 4 unspecified atom stereocenters. The predicted molar refractivity (Wildman–Crippen MR) is 80.1 cm³/mol. The summed E-state index contributed by atoms with van der Waals surface area (Å²) >= 11 is 2.81. The van der Waals surface area contributed by atoms with Gasteiger partial charge < -0.3 is 0 Å². The van der Waals surface area contributed by atoms with Crippen LogP contribution in [0.1, 0.15) is 65.2 Å². The Morgan fingerprint density at radius 3 is 1.50 bits per heavy atom. The highest BCUT2D eigenvalue weighted by atomic mass is 127. The molecule has 0 bridgehead atoms. The molecular weight excluding hydrogens is 307 g/mol. The molecule has 2 aliphatic carbocycles. The molecule has 0 spiro atoms. The lowest BCUT2D eigenvalue weighted by atomic mass is 9.70. The maximum absolute atomic E-state index is 2.81. The molecule has 16 heavy (non-hydrogen) atoms. The lowest BCUT2D eigenvalue weighted by Gasteiger charge is -2.40. The third-order valence-electron chi connectivity index (χ3n) is 5.17. The Hall–Kier alpha value is 0.730. The van der Waals surface area contributed by atoms with Gasteiger partial charge in [-0.1, -0.05) is 75.0 Å². The predicted octanol–water partition coefficient (Wildman–Crippen LogP) is 5.44. The molecule has 0 aromatic heterocycles. The molecule has 2 saturated carbocycles. The first kappa shape index (κ1) is 13.2. The molecule has 0 radical (unpaired) electrons. The van der Waals surface area contributed by atoms with E-state index in [4.69, 9.17) is 0 Å². The second kappa shape index (κ2) is 6.06. The van der Waals surface area contributed by atoms with Crippen LogP contribution in [0.5, 0.6) is 0 Å². The smallest absolute Gasteiger partial charge is 0.0171 e.